The number of amides is 4. The van der Waals surface area contributed by atoms with Crippen molar-refractivity contribution in [3.63, 3.8) is 0 Å². The number of anilines is 1. The second kappa shape index (κ2) is 12.0. The van der Waals surface area contributed by atoms with Crippen LogP contribution in [-0.4, -0.2) is 65.2 Å². The summed E-state index contributed by atoms with van der Waals surface area (Å²) in [5.74, 6) is -0.313. The van der Waals surface area contributed by atoms with E-state index in [4.69, 9.17) is 0 Å². The second-order valence-electron chi connectivity index (χ2n) is 10.4. The number of benzene rings is 2. The van der Waals surface area contributed by atoms with Gasteiger partial charge in [0.05, 0.1) is 18.0 Å². The van der Waals surface area contributed by atoms with Gasteiger partial charge in [0.2, 0.25) is 5.91 Å². The van der Waals surface area contributed by atoms with E-state index in [2.05, 4.69) is 11.4 Å². The highest BCUT2D eigenvalue weighted by Crippen LogP contribution is 2.31. The number of hydrogen-bond acceptors (Lipinski definition) is 4. The predicted molar refractivity (Wildman–Crippen MR) is 150 cm³/mol. The lowest BCUT2D eigenvalue weighted by Gasteiger charge is -2.31. The van der Waals surface area contributed by atoms with E-state index in [1.807, 2.05) is 42.2 Å². The molecule has 0 spiro atoms. The predicted octanol–water partition coefficient (Wildman–Crippen LogP) is 4.22. The van der Waals surface area contributed by atoms with E-state index in [0.717, 1.165) is 36.1 Å². The molecule has 0 saturated heterocycles. The number of fused-ring (bicyclic) bond motifs is 1. The molecule has 0 fully saturated rings. The van der Waals surface area contributed by atoms with Crippen LogP contribution in [0.15, 0.2) is 66.0 Å². The third kappa shape index (κ3) is 5.51. The van der Waals surface area contributed by atoms with Crippen LogP contribution in [0.2, 0.25) is 0 Å². The first-order chi connectivity index (χ1) is 19.4. The minimum atomic E-state index is -1.44. The zero-order valence-electron chi connectivity index (χ0n) is 22.7. The number of carbonyl (C=O) groups excluding carboxylic acids is 3. The fraction of sp³-hybridized carbons (Fsp3) is 0.387. The Bertz CT molecular complexity index is 1370. The second-order valence-corrected chi connectivity index (χ2v) is 10.4. The highest BCUT2D eigenvalue weighted by atomic mass is 19.1. The number of aliphatic hydroxyl groups is 1. The topological polar surface area (TPSA) is 93.2 Å². The number of carbonyl (C=O) groups is 3. The van der Waals surface area contributed by atoms with Crippen molar-refractivity contribution in [2.24, 2.45) is 0 Å². The molecule has 2 aliphatic heterocycles. The number of alkyl halides is 1. The Balaban J connectivity index is 1.31. The molecule has 2 heterocycles. The van der Waals surface area contributed by atoms with Crippen molar-refractivity contribution in [1.82, 2.24) is 15.1 Å². The monoisotopic (exact) mass is 546 g/mol. The minimum Gasteiger partial charge on any atom is -0.395 e. The molecule has 0 radical (unpaired) electrons. The first kappa shape index (κ1) is 27.6. The maximum Gasteiger partial charge on any atom is 0.322 e. The number of rotatable bonds is 5. The summed E-state index contributed by atoms with van der Waals surface area (Å²) in [5, 5.41) is 12.3. The van der Waals surface area contributed by atoms with Crippen molar-refractivity contribution in [2.75, 3.05) is 31.1 Å². The quantitative estimate of drug-likeness (QED) is 0.587. The van der Waals surface area contributed by atoms with E-state index in [9.17, 15) is 19.5 Å². The minimum absolute atomic E-state index is 0.0243. The number of aliphatic hydroxyl groups excluding tert-OH is 1. The molecule has 2 N–H and O–H groups in total. The van der Waals surface area contributed by atoms with Gasteiger partial charge in [-0.25, -0.2) is 9.18 Å². The molecule has 1 aliphatic carbocycles. The smallest absolute Gasteiger partial charge is 0.322 e. The summed E-state index contributed by atoms with van der Waals surface area (Å²) >= 11 is 0. The molecule has 5 rings (SSSR count). The number of urea groups is 1. The molecule has 4 amide bonds. The molecule has 3 aliphatic rings. The van der Waals surface area contributed by atoms with Crippen LogP contribution in [0.3, 0.4) is 0 Å². The molecule has 0 bridgehead atoms. The largest absolute Gasteiger partial charge is 0.395 e. The highest BCUT2D eigenvalue weighted by Gasteiger charge is 2.36. The lowest BCUT2D eigenvalue weighted by atomic mass is 10.0. The van der Waals surface area contributed by atoms with Crippen molar-refractivity contribution < 1.29 is 23.9 Å². The van der Waals surface area contributed by atoms with Crippen LogP contribution in [0.4, 0.5) is 14.9 Å². The molecule has 40 heavy (non-hydrogen) atoms. The fourth-order valence-corrected chi connectivity index (χ4v) is 5.70. The Morgan fingerprint density at radius 3 is 2.70 bits per heavy atom. The Morgan fingerprint density at radius 2 is 1.90 bits per heavy atom. The van der Waals surface area contributed by atoms with Crippen LogP contribution in [-0.2, 0) is 17.8 Å². The summed E-state index contributed by atoms with van der Waals surface area (Å²) < 4.78 is 15.1. The van der Waals surface area contributed by atoms with Crippen molar-refractivity contribution in [1.29, 1.82) is 0 Å². The first-order valence-electron chi connectivity index (χ1n) is 13.9. The molecule has 9 heteroatoms. The van der Waals surface area contributed by atoms with Crippen molar-refractivity contribution >= 4 is 23.5 Å². The van der Waals surface area contributed by atoms with Gasteiger partial charge in [-0.2, -0.15) is 0 Å². The molecule has 0 saturated carbocycles. The zero-order valence-corrected chi connectivity index (χ0v) is 22.7. The van der Waals surface area contributed by atoms with Gasteiger partial charge in [0.25, 0.3) is 5.91 Å². The molecule has 1 unspecified atom stereocenters. The Morgan fingerprint density at radius 1 is 1.07 bits per heavy atom. The standard InChI is InChI=1S/C31H35FN4O4/c1-21-19-23(30(39)35-15-5-4-8-22-7-2-3-10-26(22)35)12-13-24(21)20-33-31(40)36-16-14-28(38)34(17-18-37)27-11-6-9-25(32)29(27)36/h2-3,6-7,10-13,19,25,37H,4-5,8-9,14-18,20H2,1H3,(H,33,40). The number of nitrogens with zero attached hydrogens (tertiary/aromatic N) is 3. The Kier molecular flexibility index (Phi) is 8.30. The van der Waals surface area contributed by atoms with Gasteiger partial charge < -0.3 is 20.2 Å². The van der Waals surface area contributed by atoms with E-state index in [1.54, 1.807) is 18.2 Å². The average molecular weight is 547 g/mol. The molecule has 0 aromatic heterocycles. The van der Waals surface area contributed by atoms with E-state index in [0.29, 0.717) is 17.8 Å². The van der Waals surface area contributed by atoms with Gasteiger partial charge in [-0.3, -0.25) is 14.5 Å². The van der Waals surface area contributed by atoms with Crippen molar-refractivity contribution in [3.8, 4) is 0 Å². The first-order valence-corrected chi connectivity index (χ1v) is 13.9. The van der Waals surface area contributed by atoms with Crippen LogP contribution >= 0.6 is 0 Å². The Labute approximate surface area is 233 Å². The molecule has 1 atom stereocenters. The van der Waals surface area contributed by atoms with E-state index in [1.165, 1.54) is 15.4 Å². The molecular weight excluding hydrogens is 511 g/mol. The molecule has 2 aromatic carbocycles. The van der Waals surface area contributed by atoms with Crippen LogP contribution in [0, 0.1) is 6.92 Å². The summed E-state index contributed by atoms with van der Waals surface area (Å²) in [6.45, 7) is 2.58. The lowest BCUT2D eigenvalue weighted by Crippen LogP contribution is -2.42. The molecule has 210 valence electrons. The van der Waals surface area contributed by atoms with E-state index < -0.39 is 12.2 Å². The number of hydrogen-bond donors (Lipinski definition) is 2. The van der Waals surface area contributed by atoms with E-state index >= 15 is 4.39 Å². The van der Waals surface area contributed by atoms with Crippen LogP contribution in [0.5, 0.6) is 0 Å². The summed E-state index contributed by atoms with van der Waals surface area (Å²) in [6, 6.07) is 13.0. The van der Waals surface area contributed by atoms with Crippen molar-refractivity contribution in [3.05, 3.63) is 88.3 Å². The third-order valence-electron chi connectivity index (χ3n) is 7.80. The van der Waals surface area contributed by atoms with Gasteiger partial charge in [-0.05, 0) is 67.2 Å². The van der Waals surface area contributed by atoms with Crippen LogP contribution in [0.1, 0.15) is 52.7 Å². The van der Waals surface area contributed by atoms with Gasteiger partial charge in [-0.15, -0.1) is 0 Å². The van der Waals surface area contributed by atoms with Gasteiger partial charge in [0.1, 0.15) is 6.17 Å². The lowest BCUT2D eigenvalue weighted by molar-refractivity contribution is -0.129. The number of β-amino-alcohol motifs (C(OH)–C–C–N with tert-alkyl or cyclic N) is 1. The van der Waals surface area contributed by atoms with Crippen molar-refractivity contribution in [2.45, 2.75) is 51.7 Å². The third-order valence-corrected chi connectivity index (χ3v) is 7.80. The summed E-state index contributed by atoms with van der Waals surface area (Å²) in [6.07, 6.45) is 4.93. The number of para-hydroxylation sites is 1. The van der Waals surface area contributed by atoms with Gasteiger partial charge >= 0.3 is 6.03 Å². The van der Waals surface area contributed by atoms with Gasteiger partial charge in [0, 0.05) is 50.3 Å². The highest BCUT2D eigenvalue weighted by molar-refractivity contribution is 6.06. The van der Waals surface area contributed by atoms with Crippen LogP contribution < -0.4 is 10.2 Å². The molecule has 2 aromatic rings. The maximum atomic E-state index is 15.1. The van der Waals surface area contributed by atoms with Gasteiger partial charge in [-0.1, -0.05) is 30.3 Å². The number of nitrogens with one attached hydrogen (secondary N) is 1. The number of aryl methyl sites for hydroxylation is 2. The number of halogens is 1. The normalized spacial score (nSPS) is 19.1. The SMILES string of the molecule is Cc1cc(C(=O)N2CCCCc3ccccc32)ccc1CNC(=O)N1CCC(=O)N(CCO)C2=C1C(F)CC=C2. The molecule has 8 nitrogen and oxygen atoms in total. The summed E-state index contributed by atoms with van der Waals surface area (Å²) in [4.78, 5) is 44.0. The average Bonchev–Trinajstić information content (AvgIpc) is 3.25. The Hall–Kier alpha value is -3.98. The zero-order chi connectivity index (χ0) is 28.2. The van der Waals surface area contributed by atoms with Crippen LogP contribution in [0.25, 0.3) is 0 Å². The van der Waals surface area contributed by atoms with E-state index in [-0.39, 0.29) is 56.6 Å². The fourth-order valence-electron chi connectivity index (χ4n) is 5.70. The summed E-state index contributed by atoms with van der Waals surface area (Å²) in [5.41, 5.74) is 4.89. The van der Waals surface area contributed by atoms with Gasteiger partial charge in [0.15, 0.2) is 0 Å². The number of allylic oxidation sites excluding steroid dienone is 3. The summed E-state index contributed by atoms with van der Waals surface area (Å²) in [7, 11) is 0. The molecular formula is C31H35FN4O4. The maximum absolute atomic E-state index is 15.1.